The smallest absolute Gasteiger partial charge is 0.303 e. The molecule has 144 valence electrons. The van der Waals surface area contributed by atoms with Crippen molar-refractivity contribution in [2.24, 2.45) is 29.6 Å². The number of carboxylic acid groups (broad SMARTS) is 1. The molecule has 0 spiro atoms. The van der Waals surface area contributed by atoms with Gasteiger partial charge in [-0.15, -0.1) is 0 Å². The second-order valence-electron chi connectivity index (χ2n) is 8.41. The Kier molecular flexibility index (Phi) is 6.42. The second kappa shape index (κ2) is 8.59. The zero-order chi connectivity index (χ0) is 18.7. The predicted molar refractivity (Wildman–Crippen MR) is 100 cm³/mol. The van der Waals surface area contributed by atoms with Crippen LogP contribution in [-0.4, -0.2) is 33.5 Å². The first-order chi connectivity index (χ1) is 12.5. The van der Waals surface area contributed by atoms with Gasteiger partial charge in [-0.1, -0.05) is 49.7 Å². The SMILES string of the molecule is CC1/C(=C\CCC(=O)O)[C@@H]2CC[C@H](O)[C@@H](C#CC(O)C3CCCCC3)[C@H]12. The summed E-state index contributed by atoms with van der Waals surface area (Å²) < 4.78 is 0. The molecule has 3 rings (SSSR count). The van der Waals surface area contributed by atoms with Gasteiger partial charge in [-0.25, -0.2) is 0 Å². The Hall–Kier alpha value is -1.31. The van der Waals surface area contributed by atoms with E-state index in [1.54, 1.807) is 0 Å². The van der Waals surface area contributed by atoms with E-state index in [9.17, 15) is 15.0 Å². The van der Waals surface area contributed by atoms with E-state index < -0.39 is 18.2 Å². The molecule has 0 aromatic rings. The fourth-order valence-corrected chi connectivity index (χ4v) is 5.36. The first-order valence-electron chi connectivity index (χ1n) is 10.3. The van der Waals surface area contributed by atoms with Crippen LogP contribution in [0.1, 0.15) is 64.7 Å². The lowest BCUT2D eigenvalue weighted by Crippen LogP contribution is -2.50. The summed E-state index contributed by atoms with van der Waals surface area (Å²) in [6, 6.07) is 0. The first-order valence-corrected chi connectivity index (χ1v) is 10.3. The third-order valence-electron chi connectivity index (χ3n) is 6.83. The minimum Gasteiger partial charge on any atom is -0.481 e. The molecular formula is C22H32O4. The van der Waals surface area contributed by atoms with Crippen LogP contribution >= 0.6 is 0 Å². The van der Waals surface area contributed by atoms with Crippen LogP contribution in [0.25, 0.3) is 0 Å². The van der Waals surface area contributed by atoms with E-state index in [-0.39, 0.29) is 18.3 Å². The summed E-state index contributed by atoms with van der Waals surface area (Å²) in [4.78, 5) is 10.7. The zero-order valence-electron chi connectivity index (χ0n) is 15.7. The van der Waals surface area contributed by atoms with Crippen molar-refractivity contribution in [1.82, 2.24) is 0 Å². The number of allylic oxidation sites excluding steroid dienone is 2. The lowest BCUT2D eigenvalue weighted by molar-refractivity contribution is -0.136. The highest BCUT2D eigenvalue weighted by molar-refractivity contribution is 5.66. The van der Waals surface area contributed by atoms with Gasteiger partial charge in [0.1, 0.15) is 6.10 Å². The zero-order valence-corrected chi connectivity index (χ0v) is 15.7. The van der Waals surface area contributed by atoms with Crippen LogP contribution in [0.3, 0.4) is 0 Å². The molecule has 6 atom stereocenters. The van der Waals surface area contributed by atoms with Crippen molar-refractivity contribution < 1.29 is 20.1 Å². The van der Waals surface area contributed by atoms with Crippen LogP contribution in [0.5, 0.6) is 0 Å². The Morgan fingerprint density at radius 2 is 1.96 bits per heavy atom. The predicted octanol–water partition coefficient (Wildman–Crippen LogP) is 3.38. The molecule has 3 aliphatic rings. The van der Waals surface area contributed by atoms with Gasteiger partial charge in [-0.3, -0.25) is 4.79 Å². The molecule has 0 radical (unpaired) electrons. The average Bonchev–Trinajstić information content (AvgIpc) is 2.64. The maximum Gasteiger partial charge on any atom is 0.303 e. The largest absolute Gasteiger partial charge is 0.481 e. The molecule has 4 heteroatoms. The molecule has 3 saturated carbocycles. The molecule has 4 nitrogen and oxygen atoms in total. The summed E-state index contributed by atoms with van der Waals surface area (Å²) in [5.41, 5.74) is 1.35. The van der Waals surface area contributed by atoms with Gasteiger partial charge in [0.25, 0.3) is 0 Å². The highest BCUT2D eigenvalue weighted by Crippen LogP contribution is 2.55. The highest BCUT2D eigenvalue weighted by atomic mass is 16.4. The summed E-state index contributed by atoms with van der Waals surface area (Å²) in [5.74, 6) is 6.89. The van der Waals surface area contributed by atoms with Gasteiger partial charge in [0.05, 0.1) is 12.0 Å². The highest BCUT2D eigenvalue weighted by Gasteiger charge is 2.51. The maximum absolute atomic E-state index is 10.7. The van der Waals surface area contributed by atoms with Crippen LogP contribution in [0.15, 0.2) is 11.6 Å². The summed E-state index contributed by atoms with van der Waals surface area (Å²) in [5, 5.41) is 29.7. The lowest BCUT2D eigenvalue weighted by atomic mass is 9.51. The van der Waals surface area contributed by atoms with Gasteiger partial charge >= 0.3 is 5.97 Å². The molecule has 2 unspecified atom stereocenters. The third-order valence-corrected chi connectivity index (χ3v) is 6.83. The van der Waals surface area contributed by atoms with Crippen LogP contribution in [-0.2, 0) is 4.79 Å². The van der Waals surface area contributed by atoms with E-state index in [1.165, 1.54) is 24.8 Å². The van der Waals surface area contributed by atoms with Crippen molar-refractivity contribution in [2.45, 2.75) is 76.9 Å². The number of aliphatic hydroxyl groups excluding tert-OH is 2. The normalized spacial score (nSPS) is 37.2. The van der Waals surface area contributed by atoms with E-state index in [2.05, 4.69) is 24.8 Å². The fourth-order valence-electron chi connectivity index (χ4n) is 5.36. The van der Waals surface area contributed by atoms with Crippen molar-refractivity contribution in [3.63, 3.8) is 0 Å². The molecule has 0 aliphatic heterocycles. The number of rotatable bonds is 4. The molecule has 0 bridgehead atoms. The molecule has 3 aliphatic carbocycles. The quantitative estimate of drug-likeness (QED) is 0.530. The second-order valence-corrected chi connectivity index (χ2v) is 8.41. The number of fused-ring (bicyclic) bond motifs is 1. The lowest BCUT2D eigenvalue weighted by Gasteiger charge is -2.53. The van der Waals surface area contributed by atoms with Crippen molar-refractivity contribution in [3.8, 4) is 11.8 Å². The first kappa shape index (κ1) is 19.5. The van der Waals surface area contributed by atoms with Crippen molar-refractivity contribution >= 4 is 5.97 Å². The number of aliphatic hydroxyl groups is 2. The van der Waals surface area contributed by atoms with Crippen LogP contribution < -0.4 is 0 Å². The van der Waals surface area contributed by atoms with Gasteiger partial charge in [0.15, 0.2) is 0 Å². The van der Waals surface area contributed by atoms with Crippen molar-refractivity contribution in [2.75, 3.05) is 0 Å². The Labute approximate surface area is 156 Å². The Morgan fingerprint density at radius 3 is 2.65 bits per heavy atom. The van der Waals surface area contributed by atoms with Gasteiger partial charge in [-0.2, -0.15) is 0 Å². The van der Waals surface area contributed by atoms with E-state index in [1.807, 2.05) is 0 Å². The number of carboxylic acids is 1. The topological polar surface area (TPSA) is 77.8 Å². The summed E-state index contributed by atoms with van der Waals surface area (Å²) >= 11 is 0. The molecule has 0 heterocycles. The number of hydrogen-bond acceptors (Lipinski definition) is 3. The fraction of sp³-hybridized carbons (Fsp3) is 0.773. The summed E-state index contributed by atoms with van der Waals surface area (Å²) in [6.07, 6.45) is 9.31. The molecule has 3 N–H and O–H groups in total. The molecule has 0 saturated heterocycles. The molecular weight excluding hydrogens is 328 g/mol. The number of hydrogen-bond donors (Lipinski definition) is 3. The van der Waals surface area contributed by atoms with Gasteiger partial charge in [0.2, 0.25) is 0 Å². The van der Waals surface area contributed by atoms with Crippen molar-refractivity contribution in [3.05, 3.63) is 11.6 Å². The van der Waals surface area contributed by atoms with E-state index >= 15 is 0 Å². The number of aliphatic carboxylic acids is 1. The molecule has 0 aromatic heterocycles. The number of carbonyl (C=O) groups is 1. The van der Waals surface area contributed by atoms with Gasteiger partial charge in [0, 0.05) is 6.42 Å². The standard InChI is InChI=1S/C22H32O4/c1-14-16(8-5-9-21(25)26)17-10-13-20(24)18(22(14)17)11-12-19(23)15-6-3-2-4-7-15/h8,14-15,17-20,22-24H,2-7,9-10,13H2,1H3,(H,25,26)/b16-8+/t14?,17-,18+,19?,20-,22+/m0/s1. The van der Waals surface area contributed by atoms with Crippen LogP contribution in [0.2, 0.25) is 0 Å². The Morgan fingerprint density at radius 1 is 1.23 bits per heavy atom. The third kappa shape index (κ3) is 4.15. The molecule has 3 fully saturated rings. The van der Waals surface area contributed by atoms with Crippen LogP contribution in [0.4, 0.5) is 0 Å². The molecule has 26 heavy (non-hydrogen) atoms. The molecule has 0 amide bonds. The van der Waals surface area contributed by atoms with Gasteiger partial charge < -0.3 is 15.3 Å². The monoisotopic (exact) mass is 360 g/mol. The minimum atomic E-state index is -0.759. The minimum absolute atomic E-state index is 0.0707. The average molecular weight is 360 g/mol. The van der Waals surface area contributed by atoms with Crippen LogP contribution in [0, 0.1) is 41.4 Å². The summed E-state index contributed by atoms with van der Waals surface area (Å²) in [7, 11) is 0. The van der Waals surface area contributed by atoms with Gasteiger partial charge in [-0.05, 0) is 55.8 Å². The van der Waals surface area contributed by atoms with E-state index in [0.717, 1.165) is 25.7 Å². The van der Waals surface area contributed by atoms with Crippen molar-refractivity contribution in [1.29, 1.82) is 0 Å². The Balaban J connectivity index is 1.65. The summed E-state index contributed by atoms with van der Waals surface area (Å²) in [6.45, 7) is 2.16. The molecule has 0 aromatic carbocycles. The maximum atomic E-state index is 10.7. The van der Waals surface area contributed by atoms with E-state index in [0.29, 0.717) is 24.2 Å². The Bertz CT molecular complexity index is 593. The van der Waals surface area contributed by atoms with E-state index in [4.69, 9.17) is 5.11 Å².